The van der Waals surface area contributed by atoms with E-state index in [4.69, 9.17) is 4.74 Å². The second-order valence-corrected chi connectivity index (χ2v) is 4.53. The third-order valence-corrected chi connectivity index (χ3v) is 2.77. The van der Waals surface area contributed by atoms with E-state index in [1.54, 1.807) is 6.07 Å². The van der Waals surface area contributed by atoms with E-state index in [9.17, 15) is 13.2 Å². The number of hydrogen-bond acceptors (Lipinski definition) is 3. The normalized spacial score (nSPS) is 13.3. The molecule has 0 bridgehead atoms. The molecule has 0 spiro atoms. The summed E-state index contributed by atoms with van der Waals surface area (Å²) in [5, 5.41) is 3.29. The van der Waals surface area contributed by atoms with Gasteiger partial charge in [0.25, 0.3) is 0 Å². The maximum Gasteiger partial charge on any atom is 0.411 e. The largest absolute Gasteiger partial charge is 0.467 e. The molecule has 6 heteroatoms. The fourth-order valence-electron chi connectivity index (χ4n) is 1.79. The summed E-state index contributed by atoms with van der Waals surface area (Å²) in [5.74, 6) is 0.527. The van der Waals surface area contributed by atoms with Crippen LogP contribution in [0.5, 0.6) is 5.75 Å². The highest BCUT2D eigenvalue weighted by atomic mass is 19.4. The molecular weight excluding hydrogens is 271 g/mol. The summed E-state index contributed by atoms with van der Waals surface area (Å²) in [6.45, 7) is 5.07. The Morgan fingerprint density at radius 3 is 2.55 bits per heavy atom. The first-order valence-corrected chi connectivity index (χ1v) is 6.44. The number of benzene rings is 1. The Labute approximate surface area is 117 Å². The third kappa shape index (κ3) is 5.79. The molecule has 0 fully saturated rings. The van der Waals surface area contributed by atoms with E-state index >= 15 is 0 Å². The molecule has 0 saturated carbocycles. The van der Waals surface area contributed by atoms with E-state index in [0.29, 0.717) is 5.75 Å². The van der Waals surface area contributed by atoms with Crippen LogP contribution in [0.25, 0.3) is 0 Å². The van der Waals surface area contributed by atoms with Gasteiger partial charge in [0.2, 0.25) is 0 Å². The Balaban J connectivity index is 2.52. The van der Waals surface area contributed by atoms with Gasteiger partial charge >= 0.3 is 6.18 Å². The minimum atomic E-state index is -4.33. The van der Waals surface area contributed by atoms with Crippen LogP contribution in [0.15, 0.2) is 18.2 Å². The van der Waals surface area contributed by atoms with E-state index in [1.165, 1.54) is 0 Å². The lowest BCUT2D eigenvalue weighted by atomic mass is 10.1. The van der Waals surface area contributed by atoms with E-state index in [-0.39, 0.29) is 6.04 Å². The van der Waals surface area contributed by atoms with Gasteiger partial charge in [-0.3, -0.25) is 0 Å². The van der Waals surface area contributed by atoms with E-state index in [0.717, 1.165) is 17.7 Å². The van der Waals surface area contributed by atoms with Crippen molar-refractivity contribution in [3.8, 4) is 5.75 Å². The minimum absolute atomic E-state index is 0.217. The van der Waals surface area contributed by atoms with Gasteiger partial charge in [-0.1, -0.05) is 19.1 Å². The average Bonchev–Trinajstić information content (AvgIpc) is 2.35. The first kappa shape index (κ1) is 16.8. The third-order valence-electron chi connectivity index (χ3n) is 2.77. The SMILES string of the molecule is CCNC(C)c1ccc(OCOCC(F)(F)F)c(C)c1. The van der Waals surface area contributed by atoms with Crippen molar-refractivity contribution in [1.82, 2.24) is 5.32 Å². The molecule has 1 rings (SSSR count). The number of aryl methyl sites for hydroxylation is 1. The smallest absolute Gasteiger partial charge is 0.411 e. The lowest BCUT2D eigenvalue weighted by Gasteiger charge is -2.16. The molecule has 3 nitrogen and oxygen atoms in total. The molecule has 1 unspecified atom stereocenters. The van der Waals surface area contributed by atoms with Gasteiger partial charge in [-0.2, -0.15) is 13.2 Å². The molecule has 0 aliphatic heterocycles. The standard InChI is InChI=1S/C14H20F3NO2/c1-4-18-11(3)12-5-6-13(10(2)7-12)20-9-19-8-14(15,16)17/h5-7,11,18H,4,8-9H2,1-3H3. The molecule has 1 aromatic rings. The Morgan fingerprint density at radius 2 is 2.00 bits per heavy atom. The fraction of sp³-hybridized carbons (Fsp3) is 0.571. The van der Waals surface area contributed by atoms with Crippen molar-refractivity contribution in [1.29, 1.82) is 0 Å². The van der Waals surface area contributed by atoms with Gasteiger partial charge in [-0.05, 0) is 37.6 Å². The summed E-state index contributed by atoms with van der Waals surface area (Å²) < 4.78 is 45.3. The van der Waals surface area contributed by atoms with Crippen LogP contribution in [0.4, 0.5) is 13.2 Å². The van der Waals surface area contributed by atoms with Crippen molar-refractivity contribution in [2.24, 2.45) is 0 Å². The molecule has 1 aromatic carbocycles. The molecular formula is C14H20F3NO2. The highest BCUT2D eigenvalue weighted by Crippen LogP contribution is 2.23. The second-order valence-electron chi connectivity index (χ2n) is 4.53. The molecule has 0 aliphatic rings. The summed E-state index contributed by atoms with van der Waals surface area (Å²) in [7, 11) is 0. The molecule has 0 saturated heterocycles. The van der Waals surface area contributed by atoms with Crippen molar-refractivity contribution in [2.75, 3.05) is 19.9 Å². The van der Waals surface area contributed by atoms with Gasteiger partial charge in [0.15, 0.2) is 6.79 Å². The number of nitrogens with one attached hydrogen (secondary N) is 1. The summed E-state index contributed by atoms with van der Waals surface area (Å²) in [6, 6.07) is 5.80. The fourth-order valence-corrected chi connectivity index (χ4v) is 1.79. The number of halogens is 3. The molecule has 1 atom stereocenters. The van der Waals surface area contributed by atoms with Gasteiger partial charge < -0.3 is 14.8 Å². The molecule has 1 N–H and O–H groups in total. The summed E-state index contributed by atoms with van der Waals surface area (Å²) in [6.07, 6.45) is -4.33. The Kier molecular flexibility index (Phi) is 6.29. The van der Waals surface area contributed by atoms with E-state index in [1.807, 2.05) is 32.9 Å². The van der Waals surface area contributed by atoms with E-state index in [2.05, 4.69) is 10.1 Å². The topological polar surface area (TPSA) is 30.5 Å². The van der Waals surface area contributed by atoms with Crippen LogP contribution in [0.2, 0.25) is 0 Å². The van der Waals surface area contributed by atoms with Gasteiger partial charge in [0, 0.05) is 6.04 Å². The Bertz CT molecular complexity index is 421. The van der Waals surface area contributed by atoms with Gasteiger partial charge in [-0.25, -0.2) is 0 Å². The first-order valence-electron chi connectivity index (χ1n) is 6.44. The average molecular weight is 291 g/mol. The molecule has 0 aromatic heterocycles. The quantitative estimate of drug-likeness (QED) is 0.615. The zero-order valence-electron chi connectivity index (χ0n) is 11.9. The minimum Gasteiger partial charge on any atom is -0.467 e. The number of rotatable bonds is 7. The van der Waals surface area contributed by atoms with Crippen molar-refractivity contribution < 1.29 is 22.6 Å². The van der Waals surface area contributed by atoms with Crippen molar-refractivity contribution >= 4 is 0 Å². The zero-order valence-corrected chi connectivity index (χ0v) is 11.9. The number of hydrogen-bond donors (Lipinski definition) is 1. The van der Waals surface area contributed by atoms with Crippen LogP contribution in [-0.4, -0.2) is 26.1 Å². The summed E-state index contributed by atoms with van der Waals surface area (Å²) >= 11 is 0. The van der Waals surface area contributed by atoms with Crippen LogP contribution in [0.1, 0.15) is 31.0 Å². The second kappa shape index (κ2) is 7.50. The Morgan fingerprint density at radius 1 is 1.30 bits per heavy atom. The lowest BCUT2D eigenvalue weighted by Crippen LogP contribution is -2.19. The van der Waals surface area contributed by atoms with Crippen LogP contribution in [0, 0.1) is 6.92 Å². The molecule has 0 radical (unpaired) electrons. The monoisotopic (exact) mass is 291 g/mol. The maximum atomic E-state index is 11.9. The zero-order chi connectivity index (χ0) is 15.2. The number of alkyl halides is 3. The molecule has 20 heavy (non-hydrogen) atoms. The number of ether oxygens (including phenoxy) is 2. The van der Waals surface area contributed by atoms with Gasteiger partial charge in [-0.15, -0.1) is 0 Å². The molecule has 0 amide bonds. The van der Waals surface area contributed by atoms with Gasteiger partial charge in [0.05, 0.1) is 0 Å². The van der Waals surface area contributed by atoms with Gasteiger partial charge in [0.1, 0.15) is 12.4 Å². The van der Waals surface area contributed by atoms with E-state index < -0.39 is 19.6 Å². The maximum absolute atomic E-state index is 11.9. The highest BCUT2D eigenvalue weighted by Gasteiger charge is 2.27. The summed E-state index contributed by atoms with van der Waals surface area (Å²) in [4.78, 5) is 0. The predicted molar refractivity (Wildman–Crippen MR) is 70.8 cm³/mol. The highest BCUT2D eigenvalue weighted by molar-refractivity contribution is 5.37. The van der Waals surface area contributed by atoms with Crippen molar-refractivity contribution in [2.45, 2.75) is 33.0 Å². The first-order chi connectivity index (χ1) is 9.33. The van der Waals surface area contributed by atoms with Crippen LogP contribution < -0.4 is 10.1 Å². The van der Waals surface area contributed by atoms with Crippen LogP contribution in [-0.2, 0) is 4.74 Å². The van der Waals surface area contributed by atoms with Crippen molar-refractivity contribution in [3.63, 3.8) is 0 Å². The van der Waals surface area contributed by atoms with Crippen LogP contribution >= 0.6 is 0 Å². The molecule has 114 valence electrons. The summed E-state index contributed by atoms with van der Waals surface area (Å²) in [5.41, 5.74) is 1.97. The molecule has 0 heterocycles. The Hall–Kier alpha value is -1.27. The lowest BCUT2D eigenvalue weighted by molar-refractivity contribution is -0.186. The predicted octanol–water partition coefficient (Wildman–Crippen LogP) is 3.58. The van der Waals surface area contributed by atoms with Crippen molar-refractivity contribution in [3.05, 3.63) is 29.3 Å². The van der Waals surface area contributed by atoms with Crippen LogP contribution in [0.3, 0.4) is 0 Å². The molecule has 0 aliphatic carbocycles.